The Morgan fingerprint density at radius 3 is 0.597 bits per heavy atom. The third-order valence-corrected chi connectivity index (χ3v) is 10.7. The fourth-order valence-electron chi connectivity index (χ4n) is 7.34. The number of hydrogen-bond acceptors (Lipinski definition) is 7. The molecule has 7 nitrogen and oxygen atoms in total. The van der Waals surface area contributed by atoms with Crippen LogP contribution in [0.3, 0.4) is 0 Å². The van der Waals surface area contributed by atoms with E-state index in [0.717, 1.165) is 66.8 Å². The minimum atomic E-state index is -0.552. The van der Waals surface area contributed by atoms with Crippen LogP contribution in [0.5, 0.6) is 0 Å². The van der Waals surface area contributed by atoms with Crippen LogP contribution < -0.4 is 0 Å². The van der Waals surface area contributed by atoms with Crippen molar-refractivity contribution in [3.8, 4) is 90.1 Å². The first kappa shape index (κ1) is 37.7. The average molecular weight is 797 g/mol. The van der Waals surface area contributed by atoms with Gasteiger partial charge in [-0.05, 0) is 44.5 Å². The van der Waals surface area contributed by atoms with Crippen LogP contribution in [0.2, 0.25) is 0 Å². The first-order valence-electron chi connectivity index (χ1n) is 20.3. The second kappa shape index (κ2) is 17.0. The van der Waals surface area contributed by atoms with Crippen molar-refractivity contribution in [3.05, 3.63) is 230 Å². The van der Waals surface area contributed by atoms with Gasteiger partial charge in [0.05, 0.1) is 0 Å². The Morgan fingerprint density at radius 1 is 0.210 bits per heavy atom. The van der Waals surface area contributed by atoms with E-state index in [2.05, 4.69) is 48.5 Å². The van der Waals surface area contributed by atoms with Crippen LogP contribution in [0.25, 0.3) is 90.1 Å². The summed E-state index contributed by atoms with van der Waals surface area (Å²) >= 11 is 0. The topological polar surface area (TPSA) is 94.4 Å². The summed E-state index contributed by atoms with van der Waals surface area (Å²) in [6.45, 7) is 0. The quantitative estimate of drug-likeness (QED) is 0.127. The van der Waals surface area contributed by atoms with E-state index < -0.39 is 5.78 Å². The zero-order chi connectivity index (χ0) is 41.7. The van der Waals surface area contributed by atoms with Crippen molar-refractivity contribution in [2.45, 2.75) is 0 Å². The molecule has 10 rings (SSSR count). The molecule has 292 valence electrons. The van der Waals surface area contributed by atoms with Crippen molar-refractivity contribution in [1.29, 1.82) is 0 Å². The van der Waals surface area contributed by atoms with Crippen LogP contribution in [0, 0.1) is 0 Å². The maximum absolute atomic E-state index is 14.8. The molecule has 10 aromatic rings. The third kappa shape index (κ3) is 8.06. The minimum Gasteiger partial charge on any atom is -0.281 e. The van der Waals surface area contributed by atoms with Crippen LogP contribution in [-0.4, -0.2) is 35.7 Å². The third-order valence-electron chi connectivity index (χ3n) is 10.7. The van der Waals surface area contributed by atoms with E-state index in [0.29, 0.717) is 23.3 Å². The summed E-state index contributed by atoms with van der Waals surface area (Å²) in [5, 5.41) is 0. The molecule has 0 bridgehead atoms. The minimum absolute atomic E-state index is 0.0776. The molecule has 2 heterocycles. The summed E-state index contributed by atoms with van der Waals surface area (Å²) in [5.41, 5.74) is 11.5. The van der Waals surface area contributed by atoms with E-state index >= 15 is 0 Å². The second-order valence-corrected chi connectivity index (χ2v) is 14.7. The molecular formula is C55H36N6O. The zero-order valence-electron chi connectivity index (χ0n) is 33.4. The molecule has 0 amide bonds. The Balaban J connectivity index is 1.07. The highest BCUT2D eigenvalue weighted by molar-refractivity contribution is 6.04. The van der Waals surface area contributed by atoms with Crippen molar-refractivity contribution in [1.82, 2.24) is 29.9 Å². The number of hydrogen-bond donors (Lipinski definition) is 0. The maximum atomic E-state index is 14.8. The lowest BCUT2D eigenvalue weighted by atomic mass is 10.0. The molecule has 8 aromatic carbocycles. The van der Waals surface area contributed by atoms with Gasteiger partial charge in [0, 0.05) is 22.3 Å². The van der Waals surface area contributed by atoms with Gasteiger partial charge in [-0.1, -0.05) is 218 Å². The summed E-state index contributed by atoms with van der Waals surface area (Å²) in [6, 6.07) is 72.6. The molecule has 0 aliphatic rings. The largest absolute Gasteiger partial charge is 0.281 e. The van der Waals surface area contributed by atoms with Gasteiger partial charge in [0.15, 0.2) is 23.3 Å². The smallest absolute Gasteiger partial charge is 0.267 e. The van der Waals surface area contributed by atoms with Crippen LogP contribution in [-0.2, 0) is 0 Å². The molecule has 0 atom stereocenters. The first-order valence-corrected chi connectivity index (χ1v) is 20.3. The second-order valence-electron chi connectivity index (χ2n) is 14.7. The number of rotatable bonds is 10. The van der Waals surface area contributed by atoms with Crippen LogP contribution >= 0.6 is 0 Å². The van der Waals surface area contributed by atoms with Crippen molar-refractivity contribution in [2.24, 2.45) is 0 Å². The van der Waals surface area contributed by atoms with Gasteiger partial charge in [0.1, 0.15) is 0 Å². The van der Waals surface area contributed by atoms with E-state index in [-0.39, 0.29) is 11.6 Å². The van der Waals surface area contributed by atoms with Crippen molar-refractivity contribution < 1.29 is 4.79 Å². The number of nitrogens with zero attached hydrogens (tertiary/aromatic N) is 6. The van der Waals surface area contributed by atoms with E-state index in [1.165, 1.54) is 0 Å². The van der Waals surface area contributed by atoms with E-state index in [1.54, 1.807) is 0 Å². The highest BCUT2D eigenvalue weighted by atomic mass is 16.1. The first-order chi connectivity index (χ1) is 30.6. The molecule has 0 fully saturated rings. The molecule has 0 unspecified atom stereocenters. The molecule has 0 spiro atoms. The number of aromatic nitrogens is 6. The summed E-state index contributed by atoms with van der Waals surface area (Å²) < 4.78 is 0. The van der Waals surface area contributed by atoms with Crippen LogP contribution in [0.15, 0.2) is 218 Å². The molecule has 0 radical (unpaired) electrons. The Kier molecular flexibility index (Phi) is 10.3. The van der Waals surface area contributed by atoms with E-state index in [9.17, 15) is 4.79 Å². The van der Waals surface area contributed by atoms with Crippen LogP contribution in [0.1, 0.15) is 16.4 Å². The fraction of sp³-hybridized carbons (Fsp3) is 0. The Morgan fingerprint density at radius 2 is 0.387 bits per heavy atom. The Labute approximate surface area is 359 Å². The number of carbonyl (C=O) groups excluding carboxylic acids is 1. The lowest BCUT2D eigenvalue weighted by Crippen LogP contribution is -2.15. The molecule has 0 N–H and O–H groups in total. The summed E-state index contributed by atoms with van der Waals surface area (Å²) in [7, 11) is 0. The van der Waals surface area contributed by atoms with Gasteiger partial charge in [-0.3, -0.25) is 4.79 Å². The predicted molar refractivity (Wildman–Crippen MR) is 247 cm³/mol. The monoisotopic (exact) mass is 796 g/mol. The SMILES string of the molecule is O=C(c1nc(-c2ccc(-c3ccccc3)cc2)nc(-c2ccc(-c3ccccc3)cc2)n1)c1nc(-c2ccc(-c3ccccc3)cc2)nc(-c2ccc(-c3ccccc3)cc2)n1. The molecule has 62 heavy (non-hydrogen) atoms. The molecule has 2 aromatic heterocycles. The standard InChI is InChI=1S/C55H36N6O/c62-49(54-58-50(45-29-21-41(22-30-45)37-13-5-1-6-14-37)56-51(59-54)46-31-23-42(24-32-46)38-15-7-2-8-16-38)55-60-52(47-33-25-43(26-34-47)39-17-9-3-10-18-39)57-53(61-55)48-35-27-44(28-36-48)40-19-11-4-12-20-40/h1-36H. The lowest BCUT2D eigenvalue weighted by Gasteiger charge is -2.11. The van der Waals surface area contributed by atoms with E-state index in [1.807, 2.05) is 170 Å². The molecule has 0 aliphatic carbocycles. The average Bonchev–Trinajstić information content (AvgIpc) is 3.37. The van der Waals surface area contributed by atoms with Gasteiger partial charge in [-0.15, -0.1) is 0 Å². The van der Waals surface area contributed by atoms with Crippen molar-refractivity contribution >= 4 is 5.78 Å². The zero-order valence-corrected chi connectivity index (χ0v) is 33.4. The molecule has 7 heteroatoms. The van der Waals surface area contributed by atoms with Gasteiger partial charge in [0.25, 0.3) is 5.78 Å². The van der Waals surface area contributed by atoms with Crippen molar-refractivity contribution in [2.75, 3.05) is 0 Å². The van der Waals surface area contributed by atoms with Gasteiger partial charge in [0.2, 0.25) is 11.6 Å². The predicted octanol–water partition coefficient (Wildman–Crippen LogP) is 12.6. The summed E-state index contributed by atoms with van der Waals surface area (Å²) in [5.74, 6) is 0.710. The number of ketones is 1. The van der Waals surface area contributed by atoms with Gasteiger partial charge < -0.3 is 0 Å². The van der Waals surface area contributed by atoms with Crippen molar-refractivity contribution in [3.63, 3.8) is 0 Å². The van der Waals surface area contributed by atoms with Gasteiger partial charge in [-0.2, -0.15) is 0 Å². The van der Waals surface area contributed by atoms with E-state index in [4.69, 9.17) is 29.9 Å². The fourth-order valence-corrected chi connectivity index (χ4v) is 7.34. The summed E-state index contributed by atoms with van der Waals surface area (Å²) in [4.78, 5) is 43.9. The van der Waals surface area contributed by atoms with Gasteiger partial charge in [-0.25, -0.2) is 29.9 Å². The maximum Gasteiger partial charge on any atom is 0.267 e. The lowest BCUT2D eigenvalue weighted by molar-refractivity contribution is 0.101. The number of benzene rings is 8. The molecular weight excluding hydrogens is 761 g/mol. The normalized spacial score (nSPS) is 11.0. The highest BCUT2D eigenvalue weighted by Gasteiger charge is 2.23. The van der Waals surface area contributed by atoms with Crippen LogP contribution in [0.4, 0.5) is 0 Å². The molecule has 0 saturated heterocycles. The van der Waals surface area contributed by atoms with Gasteiger partial charge >= 0.3 is 0 Å². The number of carbonyl (C=O) groups is 1. The molecule has 0 aliphatic heterocycles. The summed E-state index contributed by atoms with van der Waals surface area (Å²) in [6.07, 6.45) is 0. The Bertz CT molecular complexity index is 2710. The molecule has 0 saturated carbocycles. The highest BCUT2D eigenvalue weighted by Crippen LogP contribution is 2.30. The Hall–Kier alpha value is -8.55.